The summed E-state index contributed by atoms with van der Waals surface area (Å²) >= 11 is 0. The zero-order chi connectivity index (χ0) is 14.8. The Balaban J connectivity index is 2.07. The van der Waals surface area contributed by atoms with Gasteiger partial charge in [-0.15, -0.1) is 0 Å². The first-order chi connectivity index (χ1) is 9.38. The molecule has 2 heterocycles. The molecule has 0 aromatic carbocycles. The van der Waals surface area contributed by atoms with Crippen molar-refractivity contribution < 1.29 is 0 Å². The third-order valence-electron chi connectivity index (χ3n) is 4.12. The van der Waals surface area contributed by atoms with Crippen molar-refractivity contribution in [2.75, 3.05) is 31.6 Å². The molecule has 0 bridgehead atoms. The fourth-order valence-electron chi connectivity index (χ4n) is 2.49. The largest absolute Gasteiger partial charge is 0.353 e. The number of anilines is 1. The number of hydrogen-bond acceptors (Lipinski definition) is 4. The van der Waals surface area contributed by atoms with Crippen molar-refractivity contribution in [3.8, 4) is 0 Å². The van der Waals surface area contributed by atoms with Crippen LogP contribution in [0.4, 0.5) is 5.82 Å². The van der Waals surface area contributed by atoms with E-state index >= 15 is 0 Å². The highest BCUT2D eigenvalue weighted by Gasteiger charge is 2.31. The van der Waals surface area contributed by atoms with E-state index in [0.29, 0.717) is 6.04 Å². The quantitative estimate of drug-likeness (QED) is 0.912. The Bertz CT molecular complexity index is 442. The summed E-state index contributed by atoms with van der Waals surface area (Å²) in [7, 11) is 2.20. The van der Waals surface area contributed by atoms with Crippen LogP contribution in [0.15, 0.2) is 18.2 Å². The van der Waals surface area contributed by atoms with Crippen LogP contribution in [-0.4, -0.2) is 48.1 Å². The zero-order valence-corrected chi connectivity index (χ0v) is 13.5. The average molecular weight is 276 g/mol. The molecule has 112 valence electrons. The Morgan fingerprint density at radius 3 is 2.70 bits per heavy atom. The second kappa shape index (κ2) is 6.10. The number of nitrogens with one attached hydrogen (secondary N) is 1. The lowest BCUT2D eigenvalue weighted by molar-refractivity contribution is 0.138. The van der Waals surface area contributed by atoms with E-state index in [4.69, 9.17) is 4.98 Å². The van der Waals surface area contributed by atoms with Crippen LogP contribution in [0.25, 0.3) is 0 Å². The minimum atomic E-state index is 0.201. The van der Waals surface area contributed by atoms with Gasteiger partial charge >= 0.3 is 0 Å². The lowest BCUT2D eigenvalue weighted by Crippen LogP contribution is -2.57. The summed E-state index contributed by atoms with van der Waals surface area (Å²) < 4.78 is 0. The lowest BCUT2D eigenvalue weighted by Gasteiger charge is -2.45. The average Bonchev–Trinajstić information content (AvgIpc) is 2.40. The molecule has 1 fully saturated rings. The van der Waals surface area contributed by atoms with Gasteiger partial charge in [0, 0.05) is 37.8 Å². The molecule has 0 aliphatic carbocycles. The van der Waals surface area contributed by atoms with Crippen LogP contribution < -0.4 is 10.2 Å². The molecule has 20 heavy (non-hydrogen) atoms. The molecule has 2 rings (SSSR count). The minimum Gasteiger partial charge on any atom is -0.353 e. The van der Waals surface area contributed by atoms with E-state index in [-0.39, 0.29) is 5.54 Å². The van der Waals surface area contributed by atoms with E-state index in [2.05, 4.69) is 68.1 Å². The molecule has 0 unspecified atom stereocenters. The van der Waals surface area contributed by atoms with Crippen LogP contribution in [0, 0.1) is 0 Å². The Labute approximate surface area is 123 Å². The van der Waals surface area contributed by atoms with Gasteiger partial charge in [-0.2, -0.15) is 0 Å². The summed E-state index contributed by atoms with van der Waals surface area (Å²) in [6.07, 6.45) is 0. The molecule has 1 aromatic heterocycles. The first-order valence-corrected chi connectivity index (χ1v) is 7.54. The van der Waals surface area contributed by atoms with Crippen molar-refractivity contribution in [2.24, 2.45) is 0 Å². The van der Waals surface area contributed by atoms with Gasteiger partial charge in [-0.3, -0.25) is 4.90 Å². The summed E-state index contributed by atoms with van der Waals surface area (Å²) in [4.78, 5) is 9.63. The van der Waals surface area contributed by atoms with Crippen molar-refractivity contribution >= 4 is 5.82 Å². The number of pyridine rings is 1. The molecule has 1 saturated heterocycles. The van der Waals surface area contributed by atoms with Gasteiger partial charge in [0.2, 0.25) is 0 Å². The van der Waals surface area contributed by atoms with E-state index in [1.165, 1.54) is 0 Å². The predicted octanol–water partition coefficient (Wildman–Crippen LogP) is 2.11. The van der Waals surface area contributed by atoms with Crippen molar-refractivity contribution in [1.82, 2.24) is 15.2 Å². The maximum absolute atomic E-state index is 4.80. The highest BCUT2D eigenvalue weighted by Crippen LogP contribution is 2.23. The number of nitrogens with zero attached hydrogens (tertiary/aromatic N) is 3. The van der Waals surface area contributed by atoms with Gasteiger partial charge in [0.25, 0.3) is 0 Å². The summed E-state index contributed by atoms with van der Waals surface area (Å²) in [6.45, 7) is 12.9. The summed E-state index contributed by atoms with van der Waals surface area (Å²) in [5.41, 5.74) is 1.32. The van der Waals surface area contributed by atoms with Crippen molar-refractivity contribution in [2.45, 2.75) is 45.8 Å². The third kappa shape index (κ3) is 3.70. The van der Waals surface area contributed by atoms with E-state index in [1.807, 2.05) is 0 Å². The Kier molecular flexibility index (Phi) is 4.66. The molecule has 0 atom stereocenters. The first-order valence-electron chi connectivity index (χ1n) is 7.54. The van der Waals surface area contributed by atoms with E-state index in [9.17, 15) is 0 Å². The molecule has 0 amide bonds. The molecule has 4 heteroatoms. The van der Waals surface area contributed by atoms with Crippen LogP contribution in [-0.2, 0) is 6.54 Å². The standard InChI is InChI=1S/C16H28N4/c1-13(2)17-11-14-7-6-8-15(18-14)20-10-9-19(5)16(3,4)12-20/h6-8,13,17H,9-12H2,1-5H3. The van der Waals surface area contributed by atoms with Gasteiger partial charge in [-0.1, -0.05) is 19.9 Å². The molecule has 0 saturated carbocycles. The van der Waals surface area contributed by atoms with Crippen LogP contribution in [0.3, 0.4) is 0 Å². The van der Waals surface area contributed by atoms with Crippen LogP contribution in [0.2, 0.25) is 0 Å². The van der Waals surface area contributed by atoms with Gasteiger partial charge in [0.15, 0.2) is 0 Å². The van der Waals surface area contributed by atoms with Gasteiger partial charge in [-0.25, -0.2) is 4.98 Å². The molecule has 1 aliphatic heterocycles. The van der Waals surface area contributed by atoms with Crippen LogP contribution in [0.5, 0.6) is 0 Å². The van der Waals surface area contributed by atoms with Gasteiger partial charge in [0.05, 0.1) is 5.69 Å². The van der Waals surface area contributed by atoms with E-state index < -0.39 is 0 Å². The summed E-state index contributed by atoms with van der Waals surface area (Å²) in [5.74, 6) is 1.11. The van der Waals surface area contributed by atoms with Crippen molar-refractivity contribution in [1.29, 1.82) is 0 Å². The zero-order valence-electron chi connectivity index (χ0n) is 13.5. The van der Waals surface area contributed by atoms with E-state index in [1.54, 1.807) is 0 Å². The molecule has 4 nitrogen and oxygen atoms in total. The topological polar surface area (TPSA) is 31.4 Å². The fourth-order valence-corrected chi connectivity index (χ4v) is 2.49. The Morgan fingerprint density at radius 2 is 2.05 bits per heavy atom. The molecule has 0 radical (unpaired) electrons. The number of hydrogen-bond donors (Lipinski definition) is 1. The normalized spacial score (nSPS) is 19.6. The minimum absolute atomic E-state index is 0.201. The smallest absolute Gasteiger partial charge is 0.128 e. The van der Waals surface area contributed by atoms with Gasteiger partial charge < -0.3 is 10.2 Å². The molecular weight excluding hydrogens is 248 g/mol. The third-order valence-corrected chi connectivity index (χ3v) is 4.12. The van der Waals surface area contributed by atoms with Crippen LogP contribution in [0.1, 0.15) is 33.4 Å². The maximum Gasteiger partial charge on any atom is 0.128 e. The van der Waals surface area contributed by atoms with Crippen LogP contribution >= 0.6 is 0 Å². The highest BCUT2D eigenvalue weighted by molar-refractivity contribution is 5.40. The highest BCUT2D eigenvalue weighted by atomic mass is 15.3. The molecule has 1 aliphatic rings. The van der Waals surface area contributed by atoms with Crippen molar-refractivity contribution in [3.63, 3.8) is 0 Å². The summed E-state index contributed by atoms with van der Waals surface area (Å²) in [5, 5.41) is 3.43. The number of likely N-dealkylation sites (N-methyl/N-ethyl adjacent to an activating group) is 1. The lowest BCUT2D eigenvalue weighted by atomic mass is 10.00. The SMILES string of the molecule is CC(C)NCc1cccc(N2CCN(C)C(C)(C)C2)n1. The molecule has 1 N–H and O–H groups in total. The fraction of sp³-hybridized carbons (Fsp3) is 0.688. The second-order valence-electron chi connectivity index (χ2n) is 6.68. The maximum atomic E-state index is 4.80. The van der Waals surface area contributed by atoms with E-state index in [0.717, 1.165) is 37.7 Å². The molecule has 0 spiro atoms. The number of rotatable bonds is 4. The number of aromatic nitrogens is 1. The Morgan fingerprint density at radius 1 is 1.30 bits per heavy atom. The first kappa shape index (κ1) is 15.3. The summed E-state index contributed by atoms with van der Waals surface area (Å²) in [6, 6.07) is 6.83. The monoisotopic (exact) mass is 276 g/mol. The Hall–Kier alpha value is -1.13. The molecular formula is C16H28N4. The second-order valence-corrected chi connectivity index (χ2v) is 6.68. The predicted molar refractivity (Wildman–Crippen MR) is 85.1 cm³/mol. The number of piperazine rings is 1. The van der Waals surface area contributed by atoms with Gasteiger partial charge in [-0.05, 0) is 33.0 Å². The molecule has 1 aromatic rings. The van der Waals surface area contributed by atoms with Gasteiger partial charge in [0.1, 0.15) is 5.82 Å². The van der Waals surface area contributed by atoms with Crippen molar-refractivity contribution in [3.05, 3.63) is 23.9 Å².